The van der Waals surface area contributed by atoms with Crippen LogP contribution in [0.1, 0.15) is 81.7 Å². The third-order valence-electron chi connectivity index (χ3n) is 11.2. The minimum atomic E-state index is -2.36. The van der Waals surface area contributed by atoms with Gasteiger partial charge < -0.3 is 69.3 Å². The second kappa shape index (κ2) is 15.9. The van der Waals surface area contributed by atoms with Gasteiger partial charge in [0, 0.05) is 42.6 Å². The molecule has 6 N–H and O–H groups in total. The first-order chi connectivity index (χ1) is 27.2. The van der Waals surface area contributed by atoms with Gasteiger partial charge in [0.15, 0.2) is 12.1 Å². The number of morpholine rings is 1. The highest BCUT2D eigenvalue weighted by Crippen LogP contribution is 2.52. The Morgan fingerprint density at radius 3 is 2.53 bits per heavy atom. The maximum absolute atomic E-state index is 14.4. The quantitative estimate of drug-likeness (QED) is 0.0498. The number of nitrogens with one attached hydrogen (secondary N) is 2. The molecule has 2 aliphatic heterocycles. The molecule has 3 aliphatic carbocycles. The molecule has 2 aromatic carbocycles. The molecule has 2 aromatic rings. The normalized spacial score (nSPS) is 30.7. The lowest BCUT2D eigenvalue weighted by atomic mass is 9.72. The van der Waals surface area contributed by atoms with Crippen LogP contribution in [0.5, 0.6) is 17.2 Å². The number of benzene rings is 2. The van der Waals surface area contributed by atoms with Gasteiger partial charge in [-0.1, -0.05) is 24.8 Å². The molecule has 18 heteroatoms. The summed E-state index contributed by atoms with van der Waals surface area (Å²) in [6.45, 7) is 4.76. The predicted molar refractivity (Wildman–Crippen MR) is 195 cm³/mol. The molecule has 1 saturated carbocycles. The van der Waals surface area contributed by atoms with E-state index in [2.05, 4.69) is 17.2 Å². The second-order valence-electron chi connectivity index (χ2n) is 15.0. The van der Waals surface area contributed by atoms with Gasteiger partial charge in [-0.05, 0) is 25.8 Å². The maximum Gasteiger partial charge on any atom is 0.407 e. The molecule has 18 nitrogen and oxygen atoms in total. The van der Waals surface area contributed by atoms with Gasteiger partial charge in [0.25, 0.3) is 5.91 Å². The Hall–Kier alpha value is -4.66. The Morgan fingerprint density at radius 2 is 1.81 bits per heavy atom. The number of amides is 2. The fraction of sp³-hybridized carbons (Fsp3) is 0.538. The van der Waals surface area contributed by atoms with Crippen LogP contribution < -0.4 is 15.4 Å². The van der Waals surface area contributed by atoms with E-state index in [4.69, 9.17) is 28.4 Å². The van der Waals surface area contributed by atoms with Gasteiger partial charge in [-0.3, -0.25) is 14.4 Å². The van der Waals surface area contributed by atoms with Crippen LogP contribution in [0.2, 0.25) is 0 Å². The number of alkyl carbamates (subject to hydrolysis) is 1. The Morgan fingerprint density at radius 1 is 1.07 bits per heavy atom. The lowest BCUT2D eigenvalue weighted by Gasteiger charge is -2.56. The van der Waals surface area contributed by atoms with Gasteiger partial charge >= 0.3 is 6.09 Å². The first-order valence-electron chi connectivity index (χ1n) is 18.9. The maximum atomic E-state index is 14.4. The van der Waals surface area contributed by atoms with E-state index in [9.17, 15) is 44.8 Å². The number of aliphatic hydroxyl groups is 2. The van der Waals surface area contributed by atoms with E-state index in [1.54, 1.807) is 6.92 Å². The molecule has 1 unspecified atom stereocenters. The Bertz CT molecular complexity index is 1950. The molecule has 8 atom stereocenters. The predicted octanol–water partition coefficient (Wildman–Crippen LogP) is 1.36. The van der Waals surface area contributed by atoms with Crippen LogP contribution in [0, 0.1) is 5.21 Å². The van der Waals surface area contributed by atoms with Crippen molar-refractivity contribution < 1.29 is 72.7 Å². The zero-order valence-corrected chi connectivity index (χ0v) is 31.6. The average molecular weight is 798 g/mol. The molecule has 308 valence electrons. The molecule has 0 radical (unpaired) electrons. The number of hydrogen-bond acceptors (Lipinski definition) is 15. The number of ether oxygens (including phenoxy) is 6. The minimum Gasteiger partial charge on any atom is -0.632 e. The van der Waals surface area contributed by atoms with E-state index in [0.29, 0.717) is 0 Å². The number of rotatable bonds is 12. The molecule has 0 spiro atoms. The van der Waals surface area contributed by atoms with E-state index >= 15 is 0 Å². The molecule has 5 aliphatic rings. The first kappa shape index (κ1) is 40.5. The average Bonchev–Trinajstić information content (AvgIpc) is 4.00. The second-order valence-corrected chi connectivity index (χ2v) is 15.0. The largest absolute Gasteiger partial charge is 0.632 e. The highest BCUT2D eigenvalue weighted by atomic mass is 16.7. The van der Waals surface area contributed by atoms with E-state index in [1.807, 2.05) is 0 Å². The number of aromatic hydroxyl groups is 2. The lowest BCUT2D eigenvalue weighted by molar-refractivity contribution is -0.926. The number of phenolic OH excluding ortho intramolecular Hbond substituents is 2. The van der Waals surface area contributed by atoms with Gasteiger partial charge in [0.05, 0.1) is 55.1 Å². The summed E-state index contributed by atoms with van der Waals surface area (Å²) < 4.78 is 33.4. The molecule has 3 fully saturated rings. The summed E-state index contributed by atoms with van der Waals surface area (Å²) in [5, 5.41) is 66.5. The summed E-state index contributed by atoms with van der Waals surface area (Å²) in [5.41, 5.74) is -4.03. The third-order valence-corrected chi connectivity index (χ3v) is 11.2. The van der Waals surface area contributed by atoms with Crippen LogP contribution >= 0.6 is 0 Å². The highest BCUT2D eigenvalue weighted by molar-refractivity contribution is 6.31. The monoisotopic (exact) mass is 797 g/mol. The van der Waals surface area contributed by atoms with Gasteiger partial charge in [-0.15, -0.1) is 0 Å². The molecule has 2 heterocycles. The number of nitrogens with zero attached hydrogens (tertiary/aromatic N) is 1. The van der Waals surface area contributed by atoms with Crippen molar-refractivity contribution in [1.29, 1.82) is 0 Å². The highest BCUT2D eigenvalue weighted by Gasteiger charge is 2.52. The first-order valence-corrected chi connectivity index (χ1v) is 18.9. The number of phenols is 2. The number of hydroxylamine groups is 3. The molecule has 7 rings (SSSR count). The van der Waals surface area contributed by atoms with Crippen LogP contribution in [0.4, 0.5) is 4.79 Å². The van der Waals surface area contributed by atoms with E-state index in [0.717, 1.165) is 12.8 Å². The summed E-state index contributed by atoms with van der Waals surface area (Å²) in [4.78, 5) is 53.6. The van der Waals surface area contributed by atoms with E-state index in [-0.39, 0.29) is 79.9 Å². The summed E-state index contributed by atoms with van der Waals surface area (Å²) in [7, 11) is 1.31. The Balaban J connectivity index is 1.22. The lowest BCUT2D eigenvalue weighted by Crippen LogP contribution is -2.67. The molecular formula is C39H47N3O15. The van der Waals surface area contributed by atoms with E-state index < -0.39 is 106 Å². The Kier molecular flexibility index (Phi) is 11.3. The Labute approximate surface area is 327 Å². The summed E-state index contributed by atoms with van der Waals surface area (Å²) in [6, 6.07) is 3.35. The molecule has 0 aromatic heterocycles. The summed E-state index contributed by atoms with van der Waals surface area (Å²) in [6.07, 6.45) is -4.69. The van der Waals surface area contributed by atoms with Gasteiger partial charge in [-0.25, -0.2) is 4.79 Å². The standard InChI is InChI=1S/C39H47N3O15/c1-4-13-54-38(49)41-11-10-40-37(48)39(50)16-22-29(36(47)31-30(34(22)45)33(44)21-6-5-7-24(52-3)28(21)35(31)46)25(17-39)57-26-15-23(32(43)19(2)55-26)42(51)12-14-53-27(18-42)56-20-8-9-20/h4-7,19-20,23,25-27,32,43,45,47,50H,1,8-18H2,2-3H3,(H,40,48)(H,41,49)/t19-,23-,25-,26-,27+,32+,39-,42?/m0/s1. The van der Waals surface area contributed by atoms with Crippen LogP contribution in [-0.4, -0.2) is 138 Å². The van der Waals surface area contributed by atoms with Crippen LogP contribution in [0.25, 0.3) is 0 Å². The molecule has 57 heavy (non-hydrogen) atoms. The fourth-order valence-corrected chi connectivity index (χ4v) is 8.20. The van der Waals surface area contributed by atoms with Crippen LogP contribution in [-0.2, 0) is 34.9 Å². The number of carbonyl (C=O) groups is 4. The van der Waals surface area contributed by atoms with Gasteiger partial charge in [0.2, 0.25) is 12.1 Å². The zero-order valence-electron chi connectivity index (χ0n) is 31.6. The van der Waals surface area contributed by atoms with Crippen molar-refractivity contribution in [3.63, 3.8) is 0 Å². The zero-order chi connectivity index (χ0) is 40.8. The minimum absolute atomic E-state index is 0.0141. The molecular weight excluding hydrogens is 750 g/mol. The fourth-order valence-electron chi connectivity index (χ4n) is 8.20. The number of quaternary nitrogens is 1. The molecule has 0 bridgehead atoms. The number of carbonyl (C=O) groups excluding carboxylic acids is 4. The van der Waals surface area contributed by atoms with Crippen molar-refractivity contribution in [3.05, 3.63) is 69.4 Å². The smallest absolute Gasteiger partial charge is 0.407 e. The number of hydrogen-bond donors (Lipinski definition) is 6. The number of aliphatic hydroxyl groups excluding tert-OH is 1. The summed E-state index contributed by atoms with van der Waals surface area (Å²) in [5.74, 6) is -3.97. The summed E-state index contributed by atoms with van der Waals surface area (Å²) >= 11 is 0. The van der Waals surface area contributed by atoms with Crippen molar-refractivity contribution in [2.45, 2.75) is 87.7 Å². The van der Waals surface area contributed by atoms with Crippen LogP contribution in [0.15, 0.2) is 30.9 Å². The molecule has 2 saturated heterocycles. The number of ketones is 2. The van der Waals surface area contributed by atoms with Crippen molar-refractivity contribution in [1.82, 2.24) is 10.6 Å². The van der Waals surface area contributed by atoms with E-state index in [1.165, 1.54) is 31.4 Å². The number of methoxy groups -OCH3 is 1. The van der Waals surface area contributed by atoms with Gasteiger partial charge in [0.1, 0.15) is 54.7 Å². The third kappa shape index (κ3) is 7.71. The molecule has 2 amide bonds. The van der Waals surface area contributed by atoms with Gasteiger partial charge in [-0.2, -0.15) is 0 Å². The van der Waals surface area contributed by atoms with Crippen molar-refractivity contribution in [3.8, 4) is 17.2 Å². The van der Waals surface area contributed by atoms with Crippen molar-refractivity contribution >= 4 is 23.6 Å². The van der Waals surface area contributed by atoms with Crippen LogP contribution in [0.3, 0.4) is 0 Å². The van der Waals surface area contributed by atoms with Crippen molar-refractivity contribution in [2.75, 3.05) is 46.5 Å². The number of fused-ring (bicyclic) bond motifs is 3. The SMILES string of the molecule is C=CCOC(=O)NCCNC(=O)[C@]1(O)Cc2c(O)c3c(c(O)c2[C@@H](O[C@H]2C[C@H]([N+]4([O-])CCO[C@H](OC5CC5)C4)[C@H](O)[C@H](C)O2)C1)C(=O)c1c(OC)cccc1C3=O. The van der Waals surface area contributed by atoms with Crippen molar-refractivity contribution in [2.24, 2.45) is 0 Å². The topological polar surface area (TPSA) is 252 Å².